The fourth-order valence-electron chi connectivity index (χ4n) is 3.82. The SMILES string of the molecule is C#C[C@]12O[C@@H]1O[C@H](C(O)COCc1ccc(Cl)cc1Cl)[C@]2(O)COCc1ccc(Cl)cc1Cl. The second-order valence-electron chi connectivity index (χ2n) is 7.86. The lowest BCUT2D eigenvalue weighted by atomic mass is 9.83. The lowest BCUT2D eigenvalue weighted by Gasteiger charge is -2.35. The van der Waals surface area contributed by atoms with Crippen molar-refractivity contribution in [3.05, 3.63) is 67.6 Å². The average Bonchev–Trinajstić information content (AvgIpc) is 3.44. The van der Waals surface area contributed by atoms with Gasteiger partial charge >= 0.3 is 0 Å². The molecule has 2 saturated heterocycles. The molecule has 2 aliphatic rings. The van der Waals surface area contributed by atoms with Crippen molar-refractivity contribution in [2.45, 2.75) is 42.9 Å². The number of aliphatic hydroxyl groups is 2. The number of ether oxygens (including phenoxy) is 4. The Morgan fingerprint density at radius 2 is 1.58 bits per heavy atom. The van der Waals surface area contributed by atoms with Crippen LogP contribution < -0.4 is 0 Å². The van der Waals surface area contributed by atoms with Crippen LogP contribution in [0.3, 0.4) is 0 Å². The quantitative estimate of drug-likeness (QED) is 0.370. The Kier molecular flexibility index (Phi) is 7.50. The van der Waals surface area contributed by atoms with Crippen molar-refractivity contribution >= 4 is 46.4 Å². The van der Waals surface area contributed by atoms with Crippen molar-refractivity contribution < 1.29 is 29.2 Å². The molecule has 176 valence electrons. The number of halogens is 4. The molecule has 0 amide bonds. The van der Waals surface area contributed by atoms with Crippen LogP contribution >= 0.6 is 46.4 Å². The first-order valence-corrected chi connectivity index (χ1v) is 11.5. The van der Waals surface area contributed by atoms with E-state index in [-0.39, 0.29) is 26.4 Å². The van der Waals surface area contributed by atoms with Crippen molar-refractivity contribution in [3.8, 4) is 12.3 Å². The summed E-state index contributed by atoms with van der Waals surface area (Å²) in [6, 6.07) is 10.0. The van der Waals surface area contributed by atoms with Crippen LogP contribution in [0.2, 0.25) is 20.1 Å². The summed E-state index contributed by atoms with van der Waals surface area (Å²) in [6.07, 6.45) is 2.46. The Morgan fingerprint density at radius 1 is 1.00 bits per heavy atom. The predicted molar refractivity (Wildman–Crippen MR) is 125 cm³/mol. The Labute approximate surface area is 211 Å². The summed E-state index contributed by atoms with van der Waals surface area (Å²) in [7, 11) is 0. The first-order chi connectivity index (χ1) is 15.7. The minimum absolute atomic E-state index is 0.0814. The van der Waals surface area contributed by atoms with Gasteiger partial charge in [0.05, 0.1) is 26.4 Å². The molecule has 5 atom stereocenters. The molecule has 0 radical (unpaired) electrons. The number of hydrogen-bond donors (Lipinski definition) is 2. The monoisotopic (exact) mass is 532 g/mol. The highest BCUT2D eigenvalue weighted by atomic mass is 35.5. The zero-order chi connectivity index (χ0) is 23.8. The van der Waals surface area contributed by atoms with E-state index in [2.05, 4.69) is 5.92 Å². The van der Waals surface area contributed by atoms with Crippen LogP contribution in [-0.2, 0) is 32.2 Å². The molecular formula is C23H20Cl4O6. The highest BCUT2D eigenvalue weighted by Gasteiger charge is 2.79. The summed E-state index contributed by atoms with van der Waals surface area (Å²) < 4.78 is 22.4. The molecule has 6 nitrogen and oxygen atoms in total. The van der Waals surface area contributed by atoms with E-state index in [9.17, 15) is 10.2 Å². The van der Waals surface area contributed by atoms with Gasteiger partial charge in [0, 0.05) is 20.1 Å². The van der Waals surface area contributed by atoms with E-state index in [4.69, 9.17) is 71.8 Å². The average molecular weight is 534 g/mol. The lowest BCUT2D eigenvalue weighted by molar-refractivity contribution is -0.201. The van der Waals surface area contributed by atoms with E-state index in [1.807, 2.05) is 0 Å². The van der Waals surface area contributed by atoms with E-state index in [1.165, 1.54) is 0 Å². The van der Waals surface area contributed by atoms with Gasteiger partial charge in [-0.3, -0.25) is 0 Å². The van der Waals surface area contributed by atoms with Crippen LogP contribution in [0.4, 0.5) is 0 Å². The third-order valence-corrected chi connectivity index (χ3v) is 6.85. The summed E-state index contributed by atoms with van der Waals surface area (Å²) in [4.78, 5) is 0. The zero-order valence-corrected chi connectivity index (χ0v) is 20.2. The summed E-state index contributed by atoms with van der Waals surface area (Å²) in [6.45, 7) is -0.207. The fourth-order valence-corrected chi connectivity index (χ4v) is 4.74. The third-order valence-electron chi connectivity index (χ3n) is 5.67. The maximum atomic E-state index is 11.4. The van der Waals surface area contributed by atoms with Gasteiger partial charge in [-0.2, -0.15) is 0 Å². The number of rotatable bonds is 9. The van der Waals surface area contributed by atoms with Gasteiger partial charge in [0.25, 0.3) is 0 Å². The molecule has 10 heteroatoms. The number of hydrogen-bond acceptors (Lipinski definition) is 6. The van der Waals surface area contributed by atoms with Gasteiger partial charge in [-0.05, 0) is 35.4 Å². The Hall–Kier alpha value is -1.08. The van der Waals surface area contributed by atoms with Crippen molar-refractivity contribution in [1.82, 2.24) is 0 Å². The third kappa shape index (κ3) is 4.86. The fraction of sp³-hybridized carbons (Fsp3) is 0.391. The molecule has 2 fully saturated rings. The topological polar surface area (TPSA) is 80.7 Å². The summed E-state index contributed by atoms with van der Waals surface area (Å²) in [5.41, 5.74) is -1.86. The number of aliphatic hydroxyl groups excluding tert-OH is 1. The lowest BCUT2D eigenvalue weighted by Crippen LogP contribution is -2.59. The molecule has 1 unspecified atom stereocenters. The molecule has 33 heavy (non-hydrogen) atoms. The van der Waals surface area contributed by atoms with Crippen molar-refractivity contribution in [3.63, 3.8) is 0 Å². The van der Waals surface area contributed by atoms with Gasteiger partial charge < -0.3 is 29.2 Å². The van der Waals surface area contributed by atoms with Crippen LogP contribution in [0.1, 0.15) is 11.1 Å². The van der Waals surface area contributed by atoms with Crippen molar-refractivity contribution in [2.24, 2.45) is 0 Å². The molecule has 2 aromatic carbocycles. The molecule has 0 spiro atoms. The van der Waals surface area contributed by atoms with Crippen LogP contribution in [0.15, 0.2) is 36.4 Å². The first-order valence-electron chi connectivity index (χ1n) is 9.95. The number of fused-ring (bicyclic) bond motifs is 1. The van der Waals surface area contributed by atoms with Crippen LogP contribution in [-0.4, -0.2) is 53.1 Å². The van der Waals surface area contributed by atoms with Crippen LogP contribution in [0.5, 0.6) is 0 Å². The van der Waals surface area contributed by atoms with Gasteiger partial charge in [0.15, 0.2) is 5.60 Å². The predicted octanol–water partition coefficient (Wildman–Crippen LogP) is 4.25. The van der Waals surface area contributed by atoms with E-state index >= 15 is 0 Å². The number of benzene rings is 2. The van der Waals surface area contributed by atoms with Crippen molar-refractivity contribution in [2.75, 3.05) is 13.2 Å². The van der Waals surface area contributed by atoms with E-state index in [1.54, 1.807) is 36.4 Å². The minimum atomic E-state index is -1.81. The molecule has 2 aromatic rings. The molecule has 0 aliphatic carbocycles. The molecule has 2 aliphatic heterocycles. The normalized spacial score (nSPS) is 28.9. The Morgan fingerprint density at radius 3 is 2.12 bits per heavy atom. The van der Waals surface area contributed by atoms with E-state index < -0.39 is 29.7 Å². The van der Waals surface area contributed by atoms with Gasteiger partial charge in [-0.15, -0.1) is 6.42 Å². The Balaban J connectivity index is 1.39. The molecule has 0 bridgehead atoms. The van der Waals surface area contributed by atoms with E-state index in [0.717, 1.165) is 0 Å². The standard InChI is InChI=1S/C23H20Cl4O6/c1-2-23-21(33-23)32-20(19(28)11-30-9-13-3-5-15(24)7-17(13)26)22(23,29)12-31-10-14-4-6-16(25)8-18(14)27/h1,3-8,19-21,28-29H,9-12H2/t19?,20-,21+,22-,23+/m1/s1. The molecular weight excluding hydrogens is 514 g/mol. The molecule has 0 aromatic heterocycles. The van der Waals surface area contributed by atoms with Gasteiger partial charge in [0.1, 0.15) is 12.2 Å². The summed E-state index contributed by atoms with van der Waals surface area (Å²) >= 11 is 24.1. The van der Waals surface area contributed by atoms with Crippen LogP contribution in [0.25, 0.3) is 0 Å². The Bertz CT molecular complexity index is 1080. The molecule has 0 saturated carbocycles. The zero-order valence-electron chi connectivity index (χ0n) is 17.1. The van der Waals surface area contributed by atoms with Gasteiger partial charge in [-0.25, -0.2) is 0 Å². The summed E-state index contributed by atoms with van der Waals surface area (Å²) in [5, 5.41) is 24.1. The largest absolute Gasteiger partial charge is 0.388 e. The number of epoxide rings is 1. The second kappa shape index (κ2) is 9.88. The highest BCUT2D eigenvalue weighted by Crippen LogP contribution is 2.55. The maximum Gasteiger partial charge on any atom is 0.215 e. The summed E-state index contributed by atoms with van der Waals surface area (Å²) in [5.74, 6) is 2.45. The second-order valence-corrected chi connectivity index (χ2v) is 9.54. The van der Waals surface area contributed by atoms with Crippen molar-refractivity contribution in [1.29, 1.82) is 0 Å². The molecule has 4 rings (SSSR count). The highest BCUT2D eigenvalue weighted by molar-refractivity contribution is 6.35. The minimum Gasteiger partial charge on any atom is -0.388 e. The molecule has 2 N–H and O–H groups in total. The first kappa shape index (κ1) is 25.0. The molecule has 2 heterocycles. The smallest absolute Gasteiger partial charge is 0.215 e. The van der Waals surface area contributed by atoms with E-state index in [0.29, 0.717) is 31.2 Å². The van der Waals surface area contributed by atoms with Gasteiger partial charge in [0.2, 0.25) is 11.9 Å². The van der Waals surface area contributed by atoms with Crippen LogP contribution in [0, 0.1) is 12.3 Å². The van der Waals surface area contributed by atoms with Gasteiger partial charge in [-0.1, -0.05) is 64.5 Å². The number of terminal acetylenes is 1. The maximum absolute atomic E-state index is 11.4.